The zero-order valence-electron chi connectivity index (χ0n) is 10.5. The van der Waals surface area contributed by atoms with Crippen molar-refractivity contribution in [2.75, 3.05) is 0 Å². The average Bonchev–Trinajstić information content (AvgIpc) is 2.41. The van der Waals surface area contributed by atoms with Crippen molar-refractivity contribution in [1.82, 2.24) is 5.43 Å². The van der Waals surface area contributed by atoms with E-state index in [0.717, 1.165) is 25.3 Å². The number of benzene rings is 1. The number of hydrogen-bond donors (Lipinski definition) is 2. The first-order valence-electron chi connectivity index (χ1n) is 6.62. The maximum atomic E-state index is 13.7. The minimum Gasteiger partial charge on any atom is -0.271 e. The molecule has 1 aliphatic rings. The average molecular weight is 254 g/mol. The van der Waals surface area contributed by atoms with E-state index in [1.807, 2.05) is 0 Å². The molecule has 1 aromatic rings. The normalized spacial score (nSPS) is 18.8. The molecule has 1 unspecified atom stereocenters. The van der Waals surface area contributed by atoms with Gasteiger partial charge in [0.05, 0.1) is 0 Å². The van der Waals surface area contributed by atoms with Crippen LogP contribution in [0.2, 0.25) is 0 Å². The van der Waals surface area contributed by atoms with Crippen LogP contribution >= 0.6 is 0 Å². The molecule has 2 rings (SSSR count). The molecule has 0 aromatic heterocycles. The molecule has 4 heteroatoms. The molecular formula is C14H20F2N2. The summed E-state index contributed by atoms with van der Waals surface area (Å²) in [6.45, 7) is 0. The van der Waals surface area contributed by atoms with Gasteiger partial charge in [-0.15, -0.1) is 0 Å². The van der Waals surface area contributed by atoms with Crippen LogP contribution in [-0.4, -0.2) is 0 Å². The molecule has 1 aliphatic carbocycles. The second kappa shape index (κ2) is 6.25. The fraction of sp³-hybridized carbons (Fsp3) is 0.571. The van der Waals surface area contributed by atoms with E-state index in [2.05, 4.69) is 5.43 Å². The van der Waals surface area contributed by atoms with E-state index in [9.17, 15) is 8.78 Å². The first-order chi connectivity index (χ1) is 8.72. The number of nitrogens with one attached hydrogen (secondary N) is 1. The van der Waals surface area contributed by atoms with Crippen LogP contribution in [0.15, 0.2) is 18.2 Å². The summed E-state index contributed by atoms with van der Waals surface area (Å²) in [5.74, 6) is 4.47. The minimum absolute atomic E-state index is 0.302. The third-order valence-electron chi connectivity index (χ3n) is 3.85. The first kappa shape index (κ1) is 13.4. The van der Waals surface area contributed by atoms with Crippen molar-refractivity contribution in [1.29, 1.82) is 0 Å². The molecule has 100 valence electrons. The Morgan fingerprint density at radius 1 is 1.22 bits per heavy atom. The van der Waals surface area contributed by atoms with Crippen LogP contribution < -0.4 is 11.3 Å². The zero-order valence-corrected chi connectivity index (χ0v) is 10.5. The first-order valence-corrected chi connectivity index (χ1v) is 6.62. The van der Waals surface area contributed by atoms with Crippen LogP contribution in [0.25, 0.3) is 0 Å². The van der Waals surface area contributed by atoms with E-state index in [0.29, 0.717) is 11.5 Å². The Labute approximate surface area is 107 Å². The highest BCUT2D eigenvalue weighted by molar-refractivity contribution is 5.22. The van der Waals surface area contributed by atoms with Crippen LogP contribution in [0, 0.1) is 17.6 Å². The van der Waals surface area contributed by atoms with Crippen LogP contribution in [0.3, 0.4) is 0 Å². The summed E-state index contributed by atoms with van der Waals surface area (Å²) in [6.07, 6.45) is 6.84. The maximum absolute atomic E-state index is 13.7. The quantitative estimate of drug-likeness (QED) is 0.638. The third-order valence-corrected chi connectivity index (χ3v) is 3.85. The van der Waals surface area contributed by atoms with Gasteiger partial charge < -0.3 is 0 Å². The summed E-state index contributed by atoms with van der Waals surface area (Å²) in [7, 11) is 0. The summed E-state index contributed by atoms with van der Waals surface area (Å²) < 4.78 is 26.9. The van der Waals surface area contributed by atoms with Gasteiger partial charge in [-0.2, -0.15) is 0 Å². The molecule has 0 radical (unpaired) electrons. The predicted molar refractivity (Wildman–Crippen MR) is 67.6 cm³/mol. The monoisotopic (exact) mass is 254 g/mol. The molecule has 1 atom stereocenters. The summed E-state index contributed by atoms with van der Waals surface area (Å²) in [5.41, 5.74) is 2.96. The van der Waals surface area contributed by atoms with E-state index in [1.165, 1.54) is 25.3 Å². The second-order valence-corrected chi connectivity index (χ2v) is 5.10. The van der Waals surface area contributed by atoms with Crippen LogP contribution in [0.1, 0.15) is 50.1 Å². The van der Waals surface area contributed by atoms with Crippen molar-refractivity contribution in [3.63, 3.8) is 0 Å². The smallest absolute Gasteiger partial charge is 0.163 e. The molecule has 1 aromatic carbocycles. The standard InChI is InChI=1S/C14H20F2N2/c15-12-8-4-7-11(14(12)16)13(18-17)9-10-5-2-1-3-6-10/h4,7-8,10,13,18H,1-3,5-6,9,17H2. The molecule has 0 spiro atoms. The number of halogens is 2. The van der Waals surface area contributed by atoms with E-state index in [4.69, 9.17) is 5.84 Å². The Morgan fingerprint density at radius 2 is 1.94 bits per heavy atom. The van der Waals surface area contributed by atoms with Crippen LogP contribution in [0.5, 0.6) is 0 Å². The Morgan fingerprint density at radius 3 is 2.61 bits per heavy atom. The van der Waals surface area contributed by atoms with Crippen molar-refractivity contribution in [3.8, 4) is 0 Å². The molecule has 1 saturated carbocycles. The Hall–Kier alpha value is -1.00. The highest BCUT2D eigenvalue weighted by Crippen LogP contribution is 2.32. The van der Waals surface area contributed by atoms with Crippen molar-refractivity contribution in [2.24, 2.45) is 11.8 Å². The van der Waals surface area contributed by atoms with Gasteiger partial charge in [0.2, 0.25) is 0 Å². The van der Waals surface area contributed by atoms with Crippen LogP contribution in [-0.2, 0) is 0 Å². The summed E-state index contributed by atoms with van der Waals surface area (Å²) in [6, 6.07) is 3.96. The number of rotatable bonds is 4. The Kier molecular flexibility index (Phi) is 4.66. The highest BCUT2D eigenvalue weighted by Gasteiger charge is 2.22. The molecule has 3 N–H and O–H groups in total. The van der Waals surface area contributed by atoms with Crippen molar-refractivity contribution in [2.45, 2.75) is 44.6 Å². The molecule has 2 nitrogen and oxygen atoms in total. The number of nitrogens with two attached hydrogens (primary N) is 1. The number of hydrazine groups is 1. The largest absolute Gasteiger partial charge is 0.271 e. The highest BCUT2D eigenvalue weighted by atomic mass is 19.2. The zero-order chi connectivity index (χ0) is 13.0. The minimum atomic E-state index is -0.809. The Bertz CT molecular complexity index is 389. The van der Waals surface area contributed by atoms with Gasteiger partial charge in [0.1, 0.15) is 0 Å². The van der Waals surface area contributed by atoms with Crippen LogP contribution in [0.4, 0.5) is 8.78 Å². The molecule has 1 fully saturated rings. The SMILES string of the molecule is NNC(CC1CCCCC1)c1cccc(F)c1F. The van der Waals surface area contributed by atoms with Crippen molar-refractivity contribution >= 4 is 0 Å². The Balaban J connectivity index is 2.09. The van der Waals surface area contributed by atoms with Gasteiger partial charge in [0.15, 0.2) is 11.6 Å². The van der Waals surface area contributed by atoms with Gasteiger partial charge in [0, 0.05) is 11.6 Å². The molecular weight excluding hydrogens is 234 g/mol. The predicted octanol–water partition coefficient (Wildman–Crippen LogP) is 3.44. The van der Waals surface area contributed by atoms with Gasteiger partial charge in [-0.25, -0.2) is 8.78 Å². The second-order valence-electron chi connectivity index (χ2n) is 5.10. The third kappa shape index (κ3) is 3.06. The number of hydrogen-bond acceptors (Lipinski definition) is 2. The summed E-state index contributed by atoms with van der Waals surface area (Å²) >= 11 is 0. The molecule has 0 bridgehead atoms. The van der Waals surface area contributed by atoms with Gasteiger partial charge in [-0.3, -0.25) is 11.3 Å². The lowest BCUT2D eigenvalue weighted by molar-refractivity contribution is 0.297. The topological polar surface area (TPSA) is 38.0 Å². The van der Waals surface area contributed by atoms with Gasteiger partial charge in [0.25, 0.3) is 0 Å². The molecule has 0 aliphatic heterocycles. The molecule has 18 heavy (non-hydrogen) atoms. The van der Waals surface area contributed by atoms with Crippen molar-refractivity contribution < 1.29 is 8.78 Å². The molecule has 0 amide bonds. The molecule has 0 saturated heterocycles. The van der Waals surface area contributed by atoms with E-state index < -0.39 is 11.6 Å². The van der Waals surface area contributed by atoms with E-state index in [-0.39, 0.29) is 6.04 Å². The van der Waals surface area contributed by atoms with Gasteiger partial charge in [-0.1, -0.05) is 44.2 Å². The van der Waals surface area contributed by atoms with E-state index >= 15 is 0 Å². The van der Waals surface area contributed by atoms with E-state index in [1.54, 1.807) is 6.07 Å². The fourth-order valence-electron chi connectivity index (χ4n) is 2.83. The maximum Gasteiger partial charge on any atom is 0.163 e. The molecule has 0 heterocycles. The fourth-order valence-corrected chi connectivity index (χ4v) is 2.83. The van der Waals surface area contributed by atoms with Gasteiger partial charge in [-0.05, 0) is 18.4 Å². The lowest BCUT2D eigenvalue weighted by atomic mass is 9.83. The summed E-state index contributed by atoms with van der Waals surface area (Å²) in [4.78, 5) is 0. The van der Waals surface area contributed by atoms with Crippen molar-refractivity contribution in [3.05, 3.63) is 35.4 Å². The lowest BCUT2D eigenvalue weighted by Gasteiger charge is -2.26. The lowest BCUT2D eigenvalue weighted by Crippen LogP contribution is -2.31. The summed E-state index contributed by atoms with van der Waals surface area (Å²) in [5, 5.41) is 0. The van der Waals surface area contributed by atoms with Gasteiger partial charge >= 0.3 is 0 Å².